The van der Waals surface area contributed by atoms with Crippen LogP contribution in [0, 0.1) is 13.8 Å². The zero-order valence-corrected chi connectivity index (χ0v) is 11.4. The average molecular weight is 279 g/mol. The van der Waals surface area contributed by atoms with Crippen LogP contribution in [0.2, 0.25) is 0 Å². The van der Waals surface area contributed by atoms with E-state index in [4.69, 9.17) is 4.74 Å². The van der Waals surface area contributed by atoms with E-state index in [2.05, 4.69) is 20.4 Å². The van der Waals surface area contributed by atoms with Crippen molar-refractivity contribution < 1.29 is 9.53 Å². The highest BCUT2D eigenvalue weighted by atomic mass is 32.2. The Morgan fingerprint density at radius 3 is 3.11 bits per heavy atom. The molecule has 0 radical (unpaired) electrons. The van der Waals surface area contributed by atoms with Crippen LogP contribution in [0.5, 0.6) is 0 Å². The Labute approximate surface area is 113 Å². The van der Waals surface area contributed by atoms with E-state index < -0.39 is 0 Å². The number of aryl methyl sites for hydroxylation is 2. The smallest absolute Gasteiger partial charge is 0.407 e. The molecule has 100 valence electrons. The van der Waals surface area contributed by atoms with Crippen LogP contribution >= 0.6 is 11.8 Å². The SMILES string of the molecule is Cc1cc(C)n2nc(SC[C@H]3COC(=O)N3)nc2n1. The number of fused-ring (bicyclic) bond motifs is 1. The van der Waals surface area contributed by atoms with Crippen molar-refractivity contribution >= 4 is 23.6 Å². The minimum atomic E-state index is -0.360. The molecule has 1 aliphatic rings. The van der Waals surface area contributed by atoms with Gasteiger partial charge in [0.25, 0.3) is 5.78 Å². The predicted octanol–water partition coefficient (Wildman–Crippen LogP) is 0.942. The first-order valence-corrected chi connectivity index (χ1v) is 6.87. The van der Waals surface area contributed by atoms with E-state index in [0.717, 1.165) is 11.4 Å². The number of hydrogen-bond acceptors (Lipinski definition) is 6. The fraction of sp³-hybridized carbons (Fsp3) is 0.455. The van der Waals surface area contributed by atoms with Crippen molar-refractivity contribution in [3.8, 4) is 0 Å². The van der Waals surface area contributed by atoms with Gasteiger partial charge in [-0.25, -0.2) is 14.3 Å². The molecule has 3 rings (SSSR count). The lowest BCUT2D eigenvalue weighted by Gasteiger charge is -2.02. The van der Waals surface area contributed by atoms with Crippen molar-refractivity contribution in [1.29, 1.82) is 0 Å². The van der Waals surface area contributed by atoms with E-state index in [9.17, 15) is 4.79 Å². The number of hydrogen-bond donors (Lipinski definition) is 1. The summed E-state index contributed by atoms with van der Waals surface area (Å²) in [5.74, 6) is 1.28. The second-order valence-corrected chi connectivity index (χ2v) is 5.38. The molecular weight excluding hydrogens is 266 g/mol. The van der Waals surface area contributed by atoms with Gasteiger partial charge in [0, 0.05) is 17.1 Å². The lowest BCUT2D eigenvalue weighted by Crippen LogP contribution is -2.28. The maximum atomic E-state index is 10.9. The molecule has 0 spiro atoms. The molecule has 7 nitrogen and oxygen atoms in total. The van der Waals surface area contributed by atoms with Crippen LogP contribution in [0.1, 0.15) is 11.4 Å². The number of thioether (sulfide) groups is 1. The summed E-state index contributed by atoms with van der Waals surface area (Å²) in [6.45, 7) is 4.30. The first-order chi connectivity index (χ1) is 9.11. The minimum absolute atomic E-state index is 0.0138. The molecule has 0 saturated carbocycles. The lowest BCUT2D eigenvalue weighted by molar-refractivity contribution is 0.177. The first-order valence-electron chi connectivity index (χ1n) is 5.89. The number of amides is 1. The molecule has 1 atom stereocenters. The summed E-state index contributed by atoms with van der Waals surface area (Å²) in [5, 5.41) is 7.76. The van der Waals surface area contributed by atoms with Gasteiger partial charge in [0.1, 0.15) is 6.61 Å². The Hall–Kier alpha value is -1.83. The van der Waals surface area contributed by atoms with Gasteiger partial charge in [0.15, 0.2) is 0 Å². The highest BCUT2D eigenvalue weighted by Gasteiger charge is 2.22. The van der Waals surface area contributed by atoms with Crippen LogP contribution in [0.25, 0.3) is 5.78 Å². The van der Waals surface area contributed by atoms with Gasteiger partial charge in [-0.3, -0.25) is 0 Å². The summed E-state index contributed by atoms with van der Waals surface area (Å²) in [6.07, 6.45) is -0.360. The number of alkyl carbamates (subject to hydrolysis) is 1. The molecule has 1 amide bonds. The van der Waals surface area contributed by atoms with Gasteiger partial charge in [0.2, 0.25) is 5.16 Å². The van der Waals surface area contributed by atoms with Crippen LogP contribution in [-0.2, 0) is 4.74 Å². The van der Waals surface area contributed by atoms with E-state index >= 15 is 0 Å². The second kappa shape index (κ2) is 4.69. The maximum absolute atomic E-state index is 10.9. The van der Waals surface area contributed by atoms with Gasteiger partial charge in [-0.2, -0.15) is 4.98 Å². The molecule has 1 fully saturated rings. The lowest BCUT2D eigenvalue weighted by atomic mass is 10.4. The van der Waals surface area contributed by atoms with Crippen molar-refractivity contribution in [3.05, 3.63) is 17.5 Å². The standard InChI is InChI=1S/C11H13N5O2S/c1-6-3-7(2)16-9(12-6)14-10(15-16)19-5-8-4-18-11(17)13-8/h3,8H,4-5H2,1-2H3,(H,13,17)/t8-/m1/s1. The Morgan fingerprint density at radius 1 is 1.53 bits per heavy atom. The molecule has 2 aromatic heterocycles. The summed E-state index contributed by atoms with van der Waals surface area (Å²) >= 11 is 1.48. The van der Waals surface area contributed by atoms with Crippen molar-refractivity contribution in [1.82, 2.24) is 24.9 Å². The molecule has 8 heteroatoms. The van der Waals surface area contributed by atoms with Gasteiger partial charge < -0.3 is 10.1 Å². The van der Waals surface area contributed by atoms with Gasteiger partial charge in [-0.15, -0.1) is 5.10 Å². The number of carbonyl (C=O) groups excluding carboxylic acids is 1. The second-order valence-electron chi connectivity index (χ2n) is 4.40. The van der Waals surface area contributed by atoms with E-state index in [0.29, 0.717) is 23.3 Å². The number of ether oxygens (including phenoxy) is 1. The largest absolute Gasteiger partial charge is 0.447 e. The third-order valence-corrected chi connectivity index (χ3v) is 3.75. The normalized spacial score (nSPS) is 18.6. The molecule has 0 unspecified atom stereocenters. The molecule has 1 N–H and O–H groups in total. The van der Waals surface area contributed by atoms with E-state index in [1.54, 1.807) is 4.52 Å². The number of carbonyl (C=O) groups is 1. The van der Waals surface area contributed by atoms with E-state index in [1.165, 1.54) is 11.8 Å². The third kappa shape index (κ3) is 2.48. The zero-order valence-electron chi connectivity index (χ0n) is 10.6. The Balaban J connectivity index is 1.75. The van der Waals surface area contributed by atoms with Crippen molar-refractivity contribution in [2.75, 3.05) is 12.4 Å². The maximum Gasteiger partial charge on any atom is 0.407 e. The third-order valence-electron chi connectivity index (χ3n) is 2.75. The number of rotatable bonds is 3. The Morgan fingerprint density at radius 2 is 2.37 bits per heavy atom. The van der Waals surface area contributed by atoms with Crippen molar-refractivity contribution in [3.63, 3.8) is 0 Å². The molecule has 1 aliphatic heterocycles. The van der Waals surface area contributed by atoms with Gasteiger partial charge >= 0.3 is 6.09 Å². The summed E-state index contributed by atoms with van der Waals surface area (Å²) in [4.78, 5) is 19.6. The Bertz CT molecular complexity index is 641. The number of aromatic nitrogens is 4. The predicted molar refractivity (Wildman–Crippen MR) is 69.3 cm³/mol. The van der Waals surface area contributed by atoms with Crippen LogP contribution in [0.15, 0.2) is 11.2 Å². The average Bonchev–Trinajstić information content (AvgIpc) is 2.92. The quantitative estimate of drug-likeness (QED) is 0.842. The molecular formula is C11H13N5O2S. The number of cyclic esters (lactones) is 1. The molecule has 19 heavy (non-hydrogen) atoms. The summed E-state index contributed by atoms with van der Waals surface area (Å²) in [6, 6.07) is 1.97. The summed E-state index contributed by atoms with van der Waals surface area (Å²) < 4.78 is 6.55. The topological polar surface area (TPSA) is 81.4 Å². The highest BCUT2D eigenvalue weighted by molar-refractivity contribution is 7.99. The molecule has 1 saturated heterocycles. The molecule has 2 aromatic rings. The number of nitrogens with zero attached hydrogens (tertiary/aromatic N) is 4. The van der Waals surface area contributed by atoms with Crippen LogP contribution < -0.4 is 5.32 Å². The zero-order chi connectivity index (χ0) is 13.4. The van der Waals surface area contributed by atoms with E-state index in [1.807, 2.05) is 19.9 Å². The Kier molecular flexibility index (Phi) is 3.02. The molecule has 0 aliphatic carbocycles. The molecule has 0 aromatic carbocycles. The monoisotopic (exact) mass is 279 g/mol. The van der Waals surface area contributed by atoms with Gasteiger partial charge in [-0.1, -0.05) is 11.8 Å². The molecule has 3 heterocycles. The fourth-order valence-corrected chi connectivity index (χ4v) is 2.72. The fourth-order valence-electron chi connectivity index (χ4n) is 1.90. The number of nitrogens with one attached hydrogen (secondary N) is 1. The van der Waals surface area contributed by atoms with Gasteiger partial charge in [0.05, 0.1) is 6.04 Å². The summed E-state index contributed by atoms with van der Waals surface area (Å²) in [7, 11) is 0. The first kappa shape index (κ1) is 12.2. The van der Waals surface area contributed by atoms with Crippen molar-refractivity contribution in [2.45, 2.75) is 25.0 Å². The van der Waals surface area contributed by atoms with E-state index in [-0.39, 0.29) is 12.1 Å². The van der Waals surface area contributed by atoms with Crippen LogP contribution in [0.4, 0.5) is 4.79 Å². The van der Waals surface area contributed by atoms with Crippen molar-refractivity contribution in [2.24, 2.45) is 0 Å². The summed E-state index contributed by atoms with van der Waals surface area (Å²) in [5.41, 5.74) is 1.92. The minimum Gasteiger partial charge on any atom is -0.447 e. The molecule has 0 bridgehead atoms. The van der Waals surface area contributed by atoms with Crippen LogP contribution in [0.3, 0.4) is 0 Å². The van der Waals surface area contributed by atoms with Gasteiger partial charge in [-0.05, 0) is 19.9 Å². The highest BCUT2D eigenvalue weighted by Crippen LogP contribution is 2.17. The van der Waals surface area contributed by atoms with Crippen LogP contribution in [-0.4, -0.2) is 44.1 Å².